The smallest absolute Gasteiger partial charge is 0.405 e. The van der Waals surface area contributed by atoms with Gasteiger partial charge in [0.25, 0.3) is 0 Å². The third kappa shape index (κ3) is 5.04. The summed E-state index contributed by atoms with van der Waals surface area (Å²) in [4.78, 5) is 29.5. The Morgan fingerprint density at radius 3 is 2.54 bits per heavy atom. The Morgan fingerprint density at radius 1 is 1.05 bits per heavy atom. The number of nitrogens with zero attached hydrogens (tertiary/aromatic N) is 8. The zero-order chi connectivity index (χ0) is 25.9. The molecular weight excluding hydrogens is 474 g/mol. The average molecular weight is 506 g/mol. The minimum absolute atomic E-state index is 0.149. The molecule has 2 amide bonds. The van der Waals surface area contributed by atoms with E-state index in [1.807, 2.05) is 44.7 Å². The van der Waals surface area contributed by atoms with Gasteiger partial charge in [0, 0.05) is 36.6 Å². The monoisotopic (exact) mass is 505 g/mol. The number of fused-ring (bicyclic) bond motifs is 1. The van der Waals surface area contributed by atoms with Crippen molar-refractivity contribution in [2.45, 2.75) is 51.6 Å². The summed E-state index contributed by atoms with van der Waals surface area (Å²) in [7, 11) is 0. The molecule has 1 aliphatic rings. The maximum Gasteiger partial charge on any atom is 0.405 e. The van der Waals surface area contributed by atoms with Crippen molar-refractivity contribution in [3.8, 4) is 22.5 Å². The number of nitrogens with one attached hydrogen (secondary N) is 1. The lowest BCUT2D eigenvalue weighted by atomic mass is 10.1. The fraction of sp³-hybridized carbons (Fsp3) is 0.440. The number of hydrogen-bond acceptors (Lipinski definition) is 6. The van der Waals surface area contributed by atoms with Crippen molar-refractivity contribution in [2.24, 2.45) is 0 Å². The van der Waals surface area contributed by atoms with Gasteiger partial charge in [0.1, 0.15) is 6.54 Å². The molecule has 0 aromatic carbocycles. The summed E-state index contributed by atoms with van der Waals surface area (Å²) in [5.74, 6) is -0.209. The van der Waals surface area contributed by atoms with Gasteiger partial charge in [-0.25, -0.2) is 14.3 Å². The van der Waals surface area contributed by atoms with Gasteiger partial charge >= 0.3 is 6.09 Å². The first-order valence-corrected chi connectivity index (χ1v) is 12.6. The Labute approximate surface area is 213 Å². The largest absolute Gasteiger partial charge is 0.465 e. The third-order valence-electron chi connectivity index (χ3n) is 7.06. The van der Waals surface area contributed by atoms with Crippen LogP contribution >= 0.6 is 0 Å². The van der Waals surface area contributed by atoms with Crippen molar-refractivity contribution >= 4 is 17.5 Å². The number of rotatable bonds is 8. The summed E-state index contributed by atoms with van der Waals surface area (Å²) < 4.78 is 5.79. The molecule has 1 fully saturated rings. The highest BCUT2D eigenvalue weighted by Crippen LogP contribution is 2.29. The summed E-state index contributed by atoms with van der Waals surface area (Å²) in [5, 5.41) is 24.5. The number of aromatic nitrogens is 7. The second kappa shape index (κ2) is 10.4. The van der Waals surface area contributed by atoms with Gasteiger partial charge in [-0.3, -0.25) is 14.2 Å². The fourth-order valence-corrected chi connectivity index (χ4v) is 4.91. The Hall–Kier alpha value is -4.22. The minimum Gasteiger partial charge on any atom is -0.465 e. The topological polar surface area (TPSA) is 135 Å². The Kier molecular flexibility index (Phi) is 6.89. The van der Waals surface area contributed by atoms with E-state index in [2.05, 4.69) is 40.7 Å². The maximum absolute atomic E-state index is 12.2. The second-order valence-corrected chi connectivity index (χ2v) is 9.29. The van der Waals surface area contributed by atoms with Crippen LogP contribution in [0.3, 0.4) is 0 Å². The van der Waals surface area contributed by atoms with Gasteiger partial charge in [0.05, 0.1) is 53.8 Å². The number of hydrogen-bond donors (Lipinski definition) is 2. The van der Waals surface area contributed by atoms with Gasteiger partial charge in [0.15, 0.2) is 0 Å². The number of carboxylic acid groups (broad SMARTS) is 1. The third-order valence-corrected chi connectivity index (χ3v) is 7.06. The molecular formula is C25H31N9O3. The first-order valence-electron chi connectivity index (χ1n) is 12.6. The lowest BCUT2D eigenvalue weighted by Gasteiger charge is -2.32. The predicted molar refractivity (Wildman–Crippen MR) is 136 cm³/mol. The molecule has 194 valence electrons. The molecule has 5 heterocycles. The van der Waals surface area contributed by atoms with Crippen LogP contribution in [0.5, 0.6) is 0 Å². The van der Waals surface area contributed by atoms with Crippen molar-refractivity contribution in [3.05, 3.63) is 43.2 Å². The highest BCUT2D eigenvalue weighted by atomic mass is 16.4. The molecule has 4 aromatic heterocycles. The molecule has 0 spiro atoms. The maximum atomic E-state index is 12.2. The van der Waals surface area contributed by atoms with Gasteiger partial charge in [0.2, 0.25) is 5.91 Å². The van der Waals surface area contributed by atoms with E-state index >= 15 is 0 Å². The van der Waals surface area contributed by atoms with Gasteiger partial charge in [-0.05, 0) is 31.7 Å². The zero-order valence-electron chi connectivity index (χ0n) is 21.0. The van der Waals surface area contributed by atoms with Crippen molar-refractivity contribution < 1.29 is 14.7 Å². The number of carbonyl (C=O) groups is 2. The van der Waals surface area contributed by atoms with Crippen LogP contribution in [-0.4, -0.2) is 75.8 Å². The quantitative estimate of drug-likeness (QED) is 0.375. The van der Waals surface area contributed by atoms with Crippen LogP contribution in [0, 0.1) is 0 Å². The van der Waals surface area contributed by atoms with E-state index in [9.17, 15) is 9.59 Å². The SMILES string of the molecule is CCC(CC)n1cc(-c2nc(-c3cnn(C4CCN(C(=O)CNC(=O)O)CC4)c3)cn3nccc23)cn1. The summed E-state index contributed by atoms with van der Waals surface area (Å²) in [6, 6.07) is 2.45. The highest BCUT2D eigenvalue weighted by Gasteiger charge is 2.25. The summed E-state index contributed by atoms with van der Waals surface area (Å²) >= 11 is 0. The lowest BCUT2D eigenvalue weighted by molar-refractivity contribution is -0.131. The van der Waals surface area contributed by atoms with E-state index < -0.39 is 6.09 Å². The van der Waals surface area contributed by atoms with Crippen LogP contribution in [0.4, 0.5) is 4.79 Å². The molecule has 1 aliphatic heterocycles. The van der Waals surface area contributed by atoms with Gasteiger partial charge < -0.3 is 15.3 Å². The zero-order valence-corrected chi connectivity index (χ0v) is 21.0. The van der Waals surface area contributed by atoms with E-state index in [1.165, 1.54) is 0 Å². The normalized spacial score (nSPS) is 14.5. The van der Waals surface area contributed by atoms with Gasteiger partial charge in [-0.1, -0.05) is 13.8 Å². The van der Waals surface area contributed by atoms with E-state index in [-0.39, 0.29) is 18.5 Å². The first kappa shape index (κ1) is 24.5. The molecule has 12 heteroatoms. The van der Waals surface area contributed by atoms with E-state index in [4.69, 9.17) is 10.1 Å². The summed E-state index contributed by atoms with van der Waals surface area (Å²) in [6.07, 6.45) is 13.7. The fourth-order valence-electron chi connectivity index (χ4n) is 4.91. The number of likely N-dealkylation sites (tertiary alicyclic amines) is 1. The number of carbonyl (C=O) groups excluding carboxylic acids is 1. The first-order chi connectivity index (χ1) is 18.0. The molecule has 1 saturated heterocycles. The molecule has 0 saturated carbocycles. The van der Waals surface area contributed by atoms with E-state index in [0.717, 1.165) is 53.7 Å². The molecule has 5 rings (SSSR count). The lowest BCUT2D eigenvalue weighted by Crippen LogP contribution is -2.44. The molecule has 0 unspecified atom stereocenters. The predicted octanol–water partition coefficient (Wildman–Crippen LogP) is 3.25. The van der Waals surface area contributed by atoms with Crippen molar-refractivity contribution in [1.82, 2.24) is 44.4 Å². The van der Waals surface area contributed by atoms with E-state index in [0.29, 0.717) is 19.1 Å². The summed E-state index contributed by atoms with van der Waals surface area (Å²) in [5.41, 5.74) is 4.33. The second-order valence-electron chi connectivity index (χ2n) is 9.29. The van der Waals surface area contributed by atoms with Crippen LogP contribution in [0.1, 0.15) is 51.6 Å². The number of piperidine rings is 1. The van der Waals surface area contributed by atoms with Crippen LogP contribution in [0.25, 0.3) is 28.0 Å². The highest BCUT2D eigenvalue weighted by molar-refractivity contribution is 5.82. The van der Waals surface area contributed by atoms with Crippen LogP contribution in [0.15, 0.2) is 43.2 Å². The molecule has 12 nitrogen and oxygen atoms in total. The van der Waals surface area contributed by atoms with Crippen molar-refractivity contribution in [1.29, 1.82) is 0 Å². The Bertz CT molecular complexity index is 1390. The standard InChI is InChI=1S/C25H31N9O3/c1-3-19(4-2)32-15-18(12-29-32)24-22-5-8-27-34(22)16-21(30-24)17-11-28-33(14-17)20-6-9-31(10-7-20)23(35)13-26-25(36)37/h5,8,11-12,14-16,19-20,26H,3-4,6-7,9-10,13H2,1-2H3,(H,36,37). The van der Waals surface area contributed by atoms with Crippen molar-refractivity contribution in [3.63, 3.8) is 0 Å². The van der Waals surface area contributed by atoms with Crippen LogP contribution < -0.4 is 5.32 Å². The molecule has 0 radical (unpaired) electrons. The Balaban J connectivity index is 1.35. The molecule has 37 heavy (non-hydrogen) atoms. The molecule has 0 bridgehead atoms. The molecule has 0 aliphatic carbocycles. The average Bonchev–Trinajstić information content (AvgIpc) is 3.68. The summed E-state index contributed by atoms with van der Waals surface area (Å²) in [6.45, 7) is 5.25. The Morgan fingerprint density at radius 2 is 1.81 bits per heavy atom. The minimum atomic E-state index is -1.20. The molecule has 2 N–H and O–H groups in total. The van der Waals surface area contributed by atoms with Crippen LogP contribution in [-0.2, 0) is 4.79 Å². The number of amides is 2. The van der Waals surface area contributed by atoms with E-state index in [1.54, 1.807) is 11.1 Å². The molecule has 0 atom stereocenters. The van der Waals surface area contributed by atoms with Gasteiger partial charge in [-0.15, -0.1) is 0 Å². The molecule has 4 aromatic rings. The van der Waals surface area contributed by atoms with Gasteiger partial charge in [-0.2, -0.15) is 15.3 Å². The van der Waals surface area contributed by atoms with Crippen LogP contribution in [0.2, 0.25) is 0 Å². The van der Waals surface area contributed by atoms with Crippen molar-refractivity contribution in [2.75, 3.05) is 19.6 Å².